The summed E-state index contributed by atoms with van der Waals surface area (Å²) in [5.74, 6) is 2.09. The second-order valence-electron chi connectivity index (χ2n) is 10.1. The van der Waals surface area contributed by atoms with Gasteiger partial charge >= 0.3 is 0 Å². The van der Waals surface area contributed by atoms with Crippen LogP contribution in [0.1, 0.15) is 44.0 Å². The molecule has 0 amide bonds. The molecule has 2 saturated heterocycles. The minimum atomic E-state index is -0.467. The van der Waals surface area contributed by atoms with Crippen molar-refractivity contribution in [3.05, 3.63) is 45.7 Å². The topological polar surface area (TPSA) is 106 Å². The van der Waals surface area contributed by atoms with Crippen LogP contribution < -0.4 is 10.2 Å². The number of hydrogen-bond donors (Lipinski definition) is 2. The first kappa shape index (κ1) is 26.1. The third kappa shape index (κ3) is 5.54. The molecule has 5 rings (SSSR count). The molecule has 0 aliphatic carbocycles. The van der Waals surface area contributed by atoms with Crippen LogP contribution >= 0.6 is 23.2 Å². The van der Waals surface area contributed by atoms with Crippen molar-refractivity contribution in [3.63, 3.8) is 0 Å². The van der Waals surface area contributed by atoms with E-state index in [1.54, 1.807) is 29.9 Å². The van der Waals surface area contributed by atoms with E-state index in [-0.39, 0.29) is 11.7 Å². The molecule has 0 radical (unpaired) electrons. The van der Waals surface area contributed by atoms with Gasteiger partial charge in [-0.3, -0.25) is 5.32 Å². The molecule has 2 aliphatic rings. The summed E-state index contributed by atoms with van der Waals surface area (Å²) in [6.07, 6.45) is 3.75. The number of likely N-dealkylation sites (tertiary alicyclic amines) is 1. The maximum Gasteiger partial charge on any atom is 0.190 e. The number of aliphatic hydroxyl groups is 1. The number of halogens is 2. The lowest BCUT2D eigenvalue weighted by Gasteiger charge is -2.47. The molecule has 37 heavy (non-hydrogen) atoms. The van der Waals surface area contributed by atoms with Crippen molar-refractivity contribution >= 4 is 40.2 Å². The van der Waals surface area contributed by atoms with Gasteiger partial charge in [0.1, 0.15) is 23.6 Å². The number of benzene rings is 1. The van der Waals surface area contributed by atoms with E-state index in [1.165, 1.54) is 12.8 Å². The predicted octanol–water partition coefficient (Wildman–Crippen LogP) is 3.69. The van der Waals surface area contributed by atoms with Crippen LogP contribution in [0.15, 0.2) is 24.4 Å². The van der Waals surface area contributed by atoms with Crippen LogP contribution in [0.2, 0.25) is 10.0 Å². The molecule has 1 unspecified atom stereocenters. The first-order chi connectivity index (χ1) is 17.8. The smallest absolute Gasteiger partial charge is 0.190 e. The number of aliphatic hydroxyl groups excluding tert-OH is 1. The number of rotatable bonds is 8. The second kappa shape index (κ2) is 11.1. The molecule has 0 saturated carbocycles. The Morgan fingerprint density at radius 2 is 2.03 bits per heavy atom. The average molecular weight is 544 g/mol. The average Bonchev–Trinajstić information content (AvgIpc) is 3.21. The van der Waals surface area contributed by atoms with Crippen molar-refractivity contribution in [2.75, 3.05) is 44.2 Å². The second-order valence-corrected chi connectivity index (χ2v) is 11.0. The first-order valence-electron chi connectivity index (χ1n) is 12.8. The first-order valence-corrected chi connectivity index (χ1v) is 13.6. The zero-order chi connectivity index (χ0) is 26.1. The van der Waals surface area contributed by atoms with Gasteiger partial charge < -0.3 is 14.9 Å². The van der Waals surface area contributed by atoms with Crippen LogP contribution in [0.3, 0.4) is 0 Å². The van der Waals surface area contributed by atoms with Crippen LogP contribution in [0, 0.1) is 23.2 Å². The predicted molar refractivity (Wildman–Crippen MR) is 145 cm³/mol. The van der Waals surface area contributed by atoms with Crippen molar-refractivity contribution in [1.29, 1.82) is 5.26 Å². The maximum absolute atomic E-state index is 9.64. The largest absolute Gasteiger partial charge is 0.379 e. The minimum Gasteiger partial charge on any atom is -0.379 e. The molecular formula is C26H32Cl2N8O. The molecular weight excluding hydrogens is 511 g/mol. The lowest BCUT2D eigenvalue weighted by molar-refractivity contribution is 0.108. The SMILES string of the molecule is CC(O)NCCN1CCC[C@H](C2CN(c3cnc4c(C#N)nn([C@H](C)c5ccc(Cl)cc5Cl)c4n3)C2)C1. The van der Waals surface area contributed by atoms with Gasteiger partial charge in [-0.1, -0.05) is 29.3 Å². The van der Waals surface area contributed by atoms with Crippen molar-refractivity contribution in [2.45, 2.75) is 39.0 Å². The highest BCUT2D eigenvalue weighted by Gasteiger charge is 2.36. The fourth-order valence-electron chi connectivity index (χ4n) is 5.48. The zero-order valence-corrected chi connectivity index (χ0v) is 22.6. The van der Waals surface area contributed by atoms with Crippen molar-refractivity contribution in [3.8, 4) is 6.07 Å². The Labute approximate surface area is 227 Å². The molecule has 2 aliphatic heterocycles. The molecule has 9 nitrogen and oxygen atoms in total. The molecule has 2 aromatic heterocycles. The van der Waals surface area contributed by atoms with E-state index in [1.807, 2.05) is 13.0 Å². The van der Waals surface area contributed by atoms with Crippen LogP contribution in [0.25, 0.3) is 11.2 Å². The lowest BCUT2D eigenvalue weighted by Crippen LogP contribution is -2.54. The van der Waals surface area contributed by atoms with Crippen LogP contribution in [0.4, 0.5) is 5.82 Å². The summed E-state index contributed by atoms with van der Waals surface area (Å²) in [5.41, 5.74) is 2.17. The van der Waals surface area contributed by atoms with Crippen LogP contribution in [-0.4, -0.2) is 75.3 Å². The number of hydrogen-bond acceptors (Lipinski definition) is 8. The molecule has 3 atom stereocenters. The molecule has 3 aromatic rings. The molecule has 11 heteroatoms. The summed E-state index contributed by atoms with van der Waals surface area (Å²) in [7, 11) is 0. The van der Waals surface area contributed by atoms with Gasteiger partial charge in [0.05, 0.1) is 12.2 Å². The summed E-state index contributed by atoms with van der Waals surface area (Å²) in [6, 6.07) is 7.27. The molecule has 2 N–H and O–H groups in total. The van der Waals surface area contributed by atoms with Gasteiger partial charge in [-0.15, -0.1) is 0 Å². The van der Waals surface area contributed by atoms with Crippen LogP contribution in [0.5, 0.6) is 0 Å². The highest BCUT2D eigenvalue weighted by Crippen LogP contribution is 2.35. The van der Waals surface area contributed by atoms with E-state index in [0.717, 1.165) is 50.6 Å². The van der Waals surface area contributed by atoms with Crippen molar-refractivity contribution in [2.24, 2.45) is 11.8 Å². The van der Waals surface area contributed by atoms with Crippen molar-refractivity contribution in [1.82, 2.24) is 30.0 Å². The Hall–Kier alpha value is -2.48. The van der Waals surface area contributed by atoms with Gasteiger partial charge in [-0.2, -0.15) is 10.4 Å². The fraction of sp³-hybridized carbons (Fsp3) is 0.538. The van der Waals surface area contributed by atoms with Crippen LogP contribution in [-0.2, 0) is 0 Å². The van der Waals surface area contributed by atoms with Gasteiger partial charge in [-0.25, -0.2) is 14.6 Å². The Balaban J connectivity index is 1.30. The van der Waals surface area contributed by atoms with E-state index in [9.17, 15) is 10.4 Å². The summed E-state index contributed by atoms with van der Waals surface area (Å²) >= 11 is 12.6. The maximum atomic E-state index is 9.64. The van der Waals surface area contributed by atoms with Gasteiger partial charge in [0.2, 0.25) is 0 Å². The van der Waals surface area contributed by atoms with E-state index >= 15 is 0 Å². The molecule has 0 bridgehead atoms. The molecule has 0 spiro atoms. The number of nitrogens with one attached hydrogen (secondary N) is 1. The zero-order valence-electron chi connectivity index (χ0n) is 21.1. The van der Waals surface area contributed by atoms with E-state index in [0.29, 0.717) is 33.0 Å². The van der Waals surface area contributed by atoms with Gasteiger partial charge in [0.15, 0.2) is 11.3 Å². The molecule has 1 aromatic carbocycles. The summed E-state index contributed by atoms with van der Waals surface area (Å²) < 4.78 is 1.73. The number of nitrogens with zero attached hydrogens (tertiary/aromatic N) is 7. The number of fused-ring (bicyclic) bond motifs is 1. The van der Waals surface area contributed by atoms with E-state index in [4.69, 9.17) is 28.2 Å². The quantitative estimate of drug-likeness (QED) is 0.415. The van der Waals surface area contributed by atoms with E-state index < -0.39 is 6.23 Å². The van der Waals surface area contributed by atoms with E-state index in [2.05, 4.69) is 31.3 Å². The Bertz CT molecular complexity index is 1300. The van der Waals surface area contributed by atoms with Gasteiger partial charge in [0, 0.05) is 42.8 Å². The Morgan fingerprint density at radius 1 is 1.22 bits per heavy atom. The fourth-order valence-corrected chi connectivity index (χ4v) is 6.04. The molecule has 2 fully saturated rings. The highest BCUT2D eigenvalue weighted by molar-refractivity contribution is 6.35. The standard InChI is InChI=1S/C26H32Cl2N8O/c1-16(21-6-5-20(27)10-22(21)28)36-26-25(23(11-29)33-36)31-12-24(32-26)35-14-19(15-35)18-4-3-8-34(13-18)9-7-30-17(2)37/h5-6,10,12,16-19,30,37H,3-4,7-9,13-15H2,1-2H3/t16-,17?,18+/m1/s1. The summed E-state index contributed by atoms with van der Waals surface area (Å²) in [4.78, 5) is 14.3. The lowest BCUT2D eigenvalue weighted by atomic mass is 9.80. The normalized spacial score (nSPS) is 20.5. The summed E-state index contributed by atoms with van der Waals surface area (Å²) in [6.45, 7) is 9.60. The highest BCUT2D eigenvalue weighted by atomic mass is 35.5. The number of nitriles is 1. The monoisotopic (exact) mass is 542 g/mol. The molecule has 4 heterocycles. The van der Waals surface area contributed by atoms with Crippen molar-refractivity contribution < 1.29 is 5.11 Å². The molecule has 196 valence electrons. The number of piperidine rings is 1. The Morgan fingerprint density at radius 3 is 2.76 bits per heavy atom. The number of aromatic nitrogens is 4. The van der Waals surface area contributed by atoms with Gasteiger partial charge in [0.25, 0.3) is 0 Å². The third-order valence-corrected chi connectivity index (χ3v) is 8.15. The number of anilines is 1. The third-order valence-electron chi connectivity index (χ3n) is 7.59. The minimum absolute atomic E-state index is 0.250. The van der Waals surface area contributed by atoms with Gasteiger partial charge in [-0.05, 0) is 62.8 Å². The summed E-state index contributed by atoms with van der Waals surface area (Å²) in [5, 5.41) is 27.8. The Kier molecular flexibility index (Phi) is 7.84.